The minimum atomic E-state index is 0. The Bertz CT molecular complexity index is 8.00. The summed E-state index contributed by atoms with van der Waals surface area (Å²) in [7, 11) is 0. The molecule has 35 valence electrons. The molecule has 0 fully saturated rings. The van der Waals surface area contributed by atoms with Crippen molar-refractivity contribution in [1.29, 1.82) is 0 Å². The first-order valence-corrected chi connectivity index (χ1v) is 0. The third-order valence-corrected chi connectivity index (χ3v) is 0. The molecule has 0 aromatic carbocycles. The van der Waals surface area contributed by atoms with Gasteiger partial charge in [0.2, 0.25) is 0 Å². The molecule has 0 aliphatic rings. The van der Waals surface area contributed by atoms with Gasteiger partial charge in [-0.25, -0.2) is 0 Å². The summed E-state index contributed by atoms with van der Waals surface area (Å²) in [5, 5.41) is 0. The van der Waals surface area contributed by atoms with Gasteiger partial charge >= 0.3 is 0 Å². The maximum absolute atomic E-state index is 0. The van der Waals surface area contributed by atoms with Crippen molar-refractivity contribution < 1.29 is 71.3 Å². The first-order valence-electron chi connectivity index (χ1n) is 0. The van der Waals surface area contributed by atoms with E-state index in [0.29, 0.717) is 0 Å². The Morgan fingerprint density at radius 1 is 1.00 bits per heavy atom. The van der Waals surface area contributed by atoms with Crippen molar-refractivity contribution in [2.24, 2.45) is 0 Å². The molecule has 0 spiro atoms. The van der Waals surface area contributed by atoms with Crippen LogP contribution in [0.15, 0.2) is 0 Å². The van der Waals surface area contributed by atoms with Gasteiger partial charge in [0, 0.05) is 71.3 Å². The molecule has 0 N–H and O–H groups in total. The molecule has 0 unspecified atom stereocenters. The summed E-state index contributed by atoms with van der Waals surface area (Å²) in [6, 6.07) is 0. The Kier molecular flexibility index (Phi) is 163. The second-order valence-electron chi connectivity index (χ2n) is 0. The largest absolute Gasteiger partial charge is 0 e. The second-order valence-corrected chi connectivity index (χ2v) is 0. The van der Waals surface area contributed by atoms with Crippen LogP contribution in [0.25, 0.3) is 0 Å². The molecular weight excluding hydrogens is 365 g/mol. The fourth-order valence-corrected chi connectivity index (χ4v) is 0. The summed E-state index contributed by atoms with van der Waals surface area (Å²) in [5.41, 5.74) is 0. The van der Waals surface area contributed by atoms with Crippen LogP contribution in [-0.4, -0.2) is 0 Å². The van der Waals surface area contributed by atoms with Crippen LogP contribution in [0.3, 0.4) is 0 Å². The van der Waals surface area contributed by atoms with E-state index in [-0.39, 0.29) is 71.3 Å². The summed E-state index contributed by atoms with van der Waals surface area (Å²) in [6.45, 7) is 0. The number of rotatable bonds is 0. The Hall–Kier alpha value is 2.21. The maximum Gasteiger partial charge on any atom is 0 e. The van der Waals surface area contributed by atoms with Crippen molar-refractivity contribution in [1.82, 2.24) is 0 Å². The molecule has 0 saturated carbocycles. The summed E-state index contributed by atoms with van der Waals surface area (Å²) < 4.78 is 0. The third-order valence-electron chi connectivity index (χ3n) is 0. The minimum absolute atomic E-state index is 0. The van der Waals surface area contributed by atoms with Crippen LogP contribution in [0.4, 0.5) is 0 Å². The van der Waals surface area contributed by atoms with Gasteiger partial charge in [0.25, 0.3) is 0 Å². The molecule has 4 heavy (non-hydrogen) atoms. The van der Waals surface area contributed by atoms with Gasteiger partial charge in [0.15, 0.2) is 0 Å². The van der Waals surface area contributed by atoms with Crippen LogP contribution < -0.4 is 0 Å². The van der Waals surface area contributed by atoms with E-state index in [1.165, 1.54) is 0 Å². The average Bonchev–Trinajstić information content (AvgIpc) is 0. The zero-order valence-electron chi connectivity index (χ0n) is 1.37. The van der Waals surface area contributed by atoms with Crippen LogP contribution in [0, 0.1) is 0 Å². The van der Waals surface area contributed by atoms with E-state index in [9.17, 15) is 0 Å². The van der Waals surface area contributed by atoms with Crippen molar-refractivity contribution in [2.75, 3.05) is 0 Å². The van der Waals surface area contributed by atoms with E-state index in [2.05, 4.69) is 0 Å². The van der Waals surface area contributed by atoms with Gasteiger partial charge in [0.05, 0.1) is 0 Å². The normalized spacial score (nSPS) is 0. The van der Waals surface area contributed by atoms with Crippen molar-refractivity contribution in [3.8, 4) is 0 Å². The second kappa shape index (κ2) is 18.9. The average molecular weight is 365 g/mol. The first-order chi connectivity index (χ1) is 0. The summed E-state index contributed by atoms with van der Waals surface area (Å²) in [6.07, 6.45) is 0. The standard InChI is InChI=1S/Co.Cu.Fe.Re. The molecule has 0 atom stereocenters. The summed E-state index contributed by atoms with van der Waals surface area (Å²) >= 11 is 0. The van der Waals surface area contributed by atoms with Crippen molar-refractivity contribution in [2.45, 2.75) is 0 Å². The Morgan fingerprint density at radius 2 is 1.00 bits per heavy atom. The fourth-order valence-electron chi connectivity index (χ4n) is 0. The van der Waals surface area contributed by atoms with Gasteiger partial charge in [-0.15, -0.1) is 0 Å². The smallest absolute Gasteiger partial charge is 0 e. The van der Waals surface area contributed by atoms with Gasteiger partial charge < -0.3 is 0 Å². The molecule has 4 heteroatoms. The number of hydrogen-bond acceptors (Lipinski definition) is 0. The van der Waals surface area contributed by atoms with Crippen LogP contribution in [0.2, 0.25) is 0 Å². The van der Waals surface area contributed by atoms with Crippen LogP contribution in [0.1, 0.15) is 0 Å². The zero-order chi connectivity index (χ0) is 0. The predicted octanol–water partition coefficient (Wildman–Crippen LogP) is -0.0100. The van der Waals surface area contributed by atoms with Gasteiger partial charge in [0.1, 0.15) is 0 Å². The van der Waals surface area contributed by atoms with E-state index >= 15 is 0 Å². The van der Waals surface area contributed by atoms with Crippen molar-refractivity contribution in [3.63, 3.8) is 0 Å². The summed E-state index contributed by atoms with van der Waals surface area (Å²) in [5.74, 6) is 0. The SMILES string of the molecule is [Co].[Cu].[Fe].[Re]. The van der Waals surface area contributed by atoms with E-state index in [1.807, 2.05) is 0 Å². The van der Waals surface area contributed by atoms with E-state index in [4.69, 9.17) is 0 Å². The van der Waals surface area contributed by atoms with E-state index in [0.717, 1.165) is 0 Å². The zero-order valence-corrected chi connectivity index (χ0v) is 7.17. The van der Waals surface area contributed by atoms with Crippen LogP contribution in [-0.2, 0) is 71.3 Å². The monoisotopic (exact) mass is 365 g/mol. The molecule has 0 nitrogen and oxygen atoms in total. The molecule has 0 aliphatic carbocycles. The molecule has 0 bridgehead atoms. The van der Waals surface area contributed by atoms with Gasteiger partial charge in [-0.05, 0) is 0 Å². The van der Waals surface area contributed by atoms with Gasteiger partial charge in [-0.3, -0.25) is 0 Å². The molecule has 0 rings (SSSR count). The molecule has 3 radical (unpaired) electrons. The maximum atomic E-state index is 0. The molecule has 0 aliphatic heterocycles. The van der Waals surface area contributed by atoms with E-state index < -0.39 is 0 Å². The third kappa shape index (κ3) is 8.88. The topological polar surface area (TPSA) is 0 Å². The molecule has 0 saturated heterocycles. The van der Waals surface area contributed by atoms with Crippen molar-refractivity contribution in [3.05, 3.63) is 0 Å². The van der Waals surface area contributed by atoms with Crippen molar-refractivity contribution >= 4 is 0 Å². The molecule has 0 amide bonds. The predicted molar refractivity (Wildman–Crippen MR) is 0 cm³/mol. The van der Waals surface area contributed by atoms with Crippen LogP contribution >= 0.6 is 0 Å². The summed E-state index contributed by atoms with van der Waals surface area (Å²) in [4.78, 5) is 0. The van der Waals surface area contributed by atoms with E-state index in [1.54, 1.807) is 0 Å². The fraction of sp³-hybridized carbons (Fsp3) is 0. The quantitative estimate of drug-likeness (QED) is 0.531. The first kappa shape index (κ1) is 34.5. The Morgan fingerprint density at radius 3 is 1.00 bits per heavy atom. The Labute approximate surface area is 70.7 Å². The van der Waals surface area contributed by atoms with Gasteiger partial charge in [-0.1, -0.05) is 0 Å². The molecular formula is CoCuFeRe. The van der Waals surface area contributed by atoms with Gasteiger partial charge in [-0.2, -0.15) is 0 Å². The molecule has 0 heterocycles. The van der Waals surface area contributed by atoms with Crippen LogP contribution in [0.5, 0.6) is 0 Å². The Balaban J connectivity index is 0. The minimum Gasteiger partial charge on any atom is 0 e. The molecule has 0 aromatic rings. The molecule has 0 aromatic heterocycles. The number of hydrogen-bond donors (Lipinski definition) is 0.